The van der Waals surface area contributed by atoms with Crippen LogP contribution in [0.2, 0.25) is 5.02 Å². The van der Waals surface area contributed by atoms with Crippen molar-refractivity contribution in [3.05, 3.63) is 57.0 Å². The molecule has 0 saturated heterocycles. The molecule has 0 amide bonds. The van der Waals surface area contributed by atoms with Gasteiger partial charge in [-0.3, -0.25) is 9.59 Å². The third kappa shape index (κ3) is 4.30. The number of hydrogen-bond donors (Lipinski definition) is 1. The summed E-state index contributed by atoms with van der Waals surface area (Å²) in [6.07, 6.45) is 1.61. The Morgan fingerprint density at radius 1 is 1.19 bits per heavy atom. The number of hydrogen-bond acceptors (Lipinski definition) is 4. The molecule has 1 aromatic heterocycles. The lowest BCUT2D eigenvalue weighted by atomic mass is 9.84. The summed E-state index contributed by atoms with van der Waals surface area (Å²) in [6.45, 7) is 9.03. The van der Waals surface area contributed by atoms with Crippen LogP contribution in [-0.2, 0) is 21.5 Å². The molecular formula is C19H23ClN2O3S. The summed E-state index contributed by atoms with van der Waals surface area (Å²) < 4.78 is 1.38. The largest absolute Gasteiger partial charge is 0.481 e. The first-order valence-electron chi connectivity index (χ1n) is 8.18. The van der Waals surface area contributed by atoms with Crippen molar-refractivity contribution in [2.45, 2.75) is 56.2 Å². The Labute approximate surface area is 162 Å². The number of thioether (sulfide) groups is 1. The molecule has 0 spiro atoms. The van der Waals surface area contributed by atoms with Gasteiger partial charge in [-0.15, -0.1) is 11.8 Å². The lowest BCUT2D eigenvalue weighted by Gasteiger charge is -2.21. The third-order valence-corrected chi connectivity index (χ3v) is 5.70. The van der Waals surface area contributed by atoms with Crippen molar-refractivity contribution in [2.75, 3.05) is 0 Å². The standard InChI is InChI=1S/C19H23ClN2O3S/c1-18(2,3)22-16(23)15(20)14(10-21-22)26-11-12-6-8-13(9-7-12)19(4,5)17(24)25/h6-10H,11H2,1-5H3,(H,24,25). The molecule has 1 N–H and O–H groups in total. The van der Waals surface area contributed by atoms with Crippen LogP contribution in [0.3, 0.4) is 0 Å². The highest BCUT2D eigenvalue weighted by molar-refractivity contribution is 7.98. The number of rotatable bonds is 5. The number of benzene rings is 1. The summed E-state index contributed by atoms with van der Waals surface area (Å²) in [6, 6.07) is 7.43. The van der Waals surface area contributed by atoms with Gasteiger partial charge in [0, 0.05) is 5.75 Å². The second-order valence-electron chi connectivity index (χ2n) is 7.63. The highest BCUT2D eigenvalue weighted by Crippen LogP contribution is 2.29. The van der Waals surface area contributed by atoms with E-state index in [1.807, 2.05) is 45.0 Å². The molecule has 0 radical (unpaired) electrons. The number of nitrogens with zero attached hydrogens (tertiary/aromatic N) is 2. The average Bonchev–Trinajstić information content (AvgIpc) is 2.55. The first-order chi connectivity index (χ1) is 11.9. The van der Waals surface area contributed by atoms with E-state index in [0.29, 0.717) is 10.6 Å². The first-order valence-corrected chi connectivity index (χ1v) is 9.55. The molecule has 0 unspecified atom stereocenters. The molecule has 1 heterocycles. The molecule has 2 rings (SSSR count). The van der Waals surface area contributed by atoms with Crippen LogP contribution in [0.25, 0.3) is 0 Å². The monoisotopic (exact) mass is 394 g/mol. The van der Waals surface area contributed by atoms with E-state index in [9.17, 15) is 14.7 Å². The Morgan fingerprint density at radius 3 is 2.27 bits per heavy atom. The maximum atomic E-state index is 12.4. The lowest BCUT2D eigenvalue weighted by molar-refractivity contribution is -0.142. The van der Waals surface area contributed by atoms with Crippen molar-refractivity contribution < 1.29 is 9.90 Å². The van der Waals surface area contributed by atoms with Crippen LogP contribution >= 0.6 is 23.4 Å². The van der Waals surface area contributed by atoms with Crippen LogP contribution in [-0.4, -0.2) is 20.9 Å². The van der Waals surface area contributed by atoms with E-state index in [1.54, 1.807) is 20.0 Å². The molecule has 0 atom stereocenters. The van der Waals surface area contributed by atoms with Crippen molar-refractivity contribution >= 4 is 29.3 Å². The maximum Gasteiger partial charge on any atom is 0.313 e. The molecular weight excluding hydrogens is 372 g/mol. The Kier molecular flexibility index (Phi) is 5.88. The number of carbonyl (C=O) groups is 1. The molecule has 0 aliphatic rings. The quantitative estimate of drug-likeness (QED) is 0.765. The smallest absolute Gasteiger partial charge is 0.313 e. The minimum absolute atomic E-state index is 0.170. The van der Waals surface area contributed by atoms with Gasteiger partial charge >= 0.3 is 5.97 Å². The molecule has 0 fully saturated rings. The normalized spacial score (nSPS) is 12.2. The van der Waals surface area contributed by atoms with Gasteiger partial charge in [0.05, 0.1) is 22.0 Å². The van der Waals surface area contributed by atoms with Gasteiger partial charge in [-0.1, -0.05) is 35.9 Å². The van der Waals surface area contributed by atoms with Gasteiger partial charge in [-0.2, -0.15) is 5.10 Å². The van der Waals surface area contributed by atoms with Crippen LogP contribution in [0.1, 0.15) is 45.7 Å². The predicted octanol–water partition coefficient (Wildman–Crippen LogP) is 4.31. The molecule has 7 heteroatoms. The molecule has 140 valence electrons. The molecule has 26 heavy (non-hydrogen) atoms. The second-order valence-corrected chi connectivity index (χ2v) is 9.02. The van der Waals surface area contributed by atoms with Crippen LogP contribution in [0.4, 0.5) is 0 Å². The van der Waals surface area contributed by atoms with Gasteiger partial charge in [0.15, 0.2) is 0 Å². The second kappa shape index (κ2) is 7.45. The number of aliphatic carboxylic acids is 1. The van der Waals surface area contributed by atoms with E-state index < -0.39 is 16.9 Å². The van der Waals surface area contributed by atoms with E-state index in [-0.39, 0.29) is 10.6 Å². The summed E-state index contributed by atoms with van der Waals surface area (Å²) in [5, 5.41) is 13.7. The summed E-state index contributed by atoms with van der Waals surface area (Å²) in [5.74, 6) is -0.259. The zero-order chi connectivity index (χ0) is 19.7. The van der Waals surface area contributed by atoms with E-state index in [1.165, 1.54) is 16.4 Å². The SMILES string of the molecule is CC(C)(C(=O)O)c1ccc(CSc2cnn(C(C)(C)C)c(=O)c2Cl)cc1. The van der Waals surface area contributed by atoms with Crippen molar-refractivity contribution in [3.8, 4) is 0 Å². The highest BCUT2D eigenvalue weighted by Gasteiger charge is 2.29. The van der Waals surface area contributed by atoms with Crippen molar-refractivity contribution in [1.82, 2.24) is 9.78 Å². The molecule has 5 nitrogen and oxygen atoms in total. The summed E-state index contributed by atoms with van der Waals surface area (Å²) in [5.41, 5.74) is 0.0810. The highest BCUT2D eigenvalue weighted by atomic mass is 35.5. The number of carboxylic acids is 1. The summed E-state index contributed by atoms with van der Waals surface area (Å²) in [7, 11) is 0. The fraction of sp³-hybridized carbons (Fsp3) is 0.421. The summed E-state index contributed by atoms with van der Waals surface area (Å²) >= 11 is 7.66. The van der Waals surface area contributed by atoms with Gasteiger partial charge in [0.25, 0.3) is 5.56 Å². The zero-order valence-electron chi connectivity index (χ0n) is 15.5. The van der Waals surface area contributed by atoms with Gasteiger partial charge in [-0.05, 0) is 45.7 Å². The lowest BCUT2D eigenvalue weighted by Crippen LogP contribution is -2.36. The van der Waals surface area contributed by atoms with Crippen LogP contribution in [0.5, 0.6) is 0 Å². The molecule has 2 aromatic rings. The first kappa shape index (κ1) is 20.5. The van der Waals surface area contributed by atoms with E-state index in [0.717, 1.165) is 11.1 Å². The van der Waals surface area contributed by atoms with Gasteiger partial charge in [-0.25, -0.2) is 4.68 Å². The van der Waals surface area contributed by atoms with Crippen molar-refractivity contribution in [1.29, 1.82) is 0 Å². The molecule has 1 aromatic carbocycles. The molecule has 0 bridgehead atoms. The number of aromatic nitrogens is 2. The number of halogens is 1. The molecule has 0 saturated carbocycles. The van der Waals surface area contributed by atoms with Crippen LogP contribution < -0.4 is 5.56 Å². The van der Waals surface area contributed by atoms with E-state index in [2.05, 4.69) is 5.10 Å². The minimum atomic E-state index is -0.934. The predicted molar refractivity (Wildman–Crippen MR) is 105 cm³/mol. The minimum Gasteiger partial charge on any atom is -0.481 e. The number of carboxylic acid groups (broad SMARTS) is 1. The van der Waals surface area contributed by atoms with Crippen LogP contribution in [0.15, 0.2) is 40.2 Å². The fourth-order valence-corrected chi connectivity index (χ4v) is 3.44. The van der Waals surface area contributed by atoms with Crippen molar-refractivity contribution in [2.24, 2.45) is 0 Å². The van der Waals surface area contributed by atoms with E-state index >= 15 is 0 Å². The van der Waals surface area contributed by atoms with Crippen LogP contribution in [0, 0.1) is 0 Å². The Balaban J connectivity index is 2.16. The fourth-order valence-electron chi connectivity index (χ4n) is 2.30. The van der Waals surface area contributed by atoms with Gasteiger partial charge in [0.2, 0.25) is 0 Å². The summed E-state index contributed by atoms with van der Waals surface area (Å²) in [4.78, 5) is 24.3. The topological polar surface area (TPSA) is 72.2 Å². The Hall–Kier alpha value is -1.79. The Bertz CT molecular complexity index is 868. The van der Waals surface area contributed by atoms with Gasteiger partial charge in [0.1, 0.15) is 5.02 Å². The Morgan fingerprint density at radius 2 is 1.77 bits per heavy atom. The van der Waals surface area contributed by atoms with E-state index in [4.69, 9.17) is 11.6 Å². The maximum absolute atomic E-state index is 12.4. The van der Waals surface area contributed by atoms with Crippen molar-refractivity contribution in [3.63, 3.8) is 0 Å². The molecule has 0 aliphatic heterocycles. The van der Waals surface area contributed by atoms with Gasteiger partial charge < -0.3 is 5.11 Å². The third-order valence-electron chi connectivity index (χ3n) is 4.13. The molecule has 0 aliphatic carbocycles. The zero-order valence-corrected chi connectivity index (χ0v) is 17.1. The average molecular weight is 395 g/mol.